The van der Waals surface area contributed by atoms with Crippen molar-refractivity contribution in [1.29, 1.82) is 0 Å². The van der Waals surface area contributed by atoms with E-state index in [0.717, 1.165) is 52.8 Å². The van der Waals surface area contributed by atoms with Crippen molar-refractivity contribution in [1.82, 2.24) is 9.55 Å². The van der Waals surface area contributed by atoms with Gasteiger partial charge < -0.3 is 14.5 Å². The highest BCUT2D eigenvalue weighted by molar-refractivity contribution is 6.11. The Kier molecular flexibility index (Phi) is 12.9. The quantitative estimate of drug-likeness (QED) is 0.129. The fourth-order valence-electron chi connectivity index (χ4n) is 11.4. The van der Waals surface area contributed by atoms with Crippen molar-refractivity contribution in [2.75, 3.05) is 16.5 Å². The Morgan fingerprint density at radius 2 is 1.22 bits per heavy atom. The summed E-state index contributed by atoms with van der Waals surface area (Å²) in [7, 11) is 0. The van der Waals surface area contributed by atoms with Gasteiger partial charge in [-0.25, -0.2) is 4.98 Å². The smallest absolute Gasteiger partial charge is 0.138 e. The van der Waals surface area contributed by atoms with Gasteiger partial charge in [0.05, 0.1) is 29.1 Å². The Bertz CT molecular complexity index is 3490. The Morgan fingerprint density at radius 1 is 0.562 bits per heavy atom. The zero-order valence-corrected chi connectivity index (χ0v) is 45.8. The molecule has 0 saturated heterocycles. The van der Waals surface area contributed by atoms with E-state index in [4.69, 9.17) is 9.72 Å². The Hall–Kier alpha value is -7.11. The molecule has 3 heterocycles. The molecule has 0 fully saturated rings. The molecule has 0 spiro atoms. The Morgan fingerprint density at radius 3 is 1.89 bits per heavy atom. The summed E-state index contributed by atoms with van der Waals surface area (Å²) in [6, 6.07) is 54.0. The first kappa shape index (κ1) is 49.5. The van der Waals surface area contributed by atoms with Gasteiger partial charge in [-0.15, -0.1) is 0 Å². The molecule has 10 rings (SSSR count). The molecule has 0 bridgehead atoms. The van der Waals surface area contributed by atoms with Gasteiger partial charge in [0.2, 0.25) is 0 Å². The highest BCUT2D eigenvalue weighted by Gasteiger charge is 2.29. The fraction of sp³-hybridized carbons (Fsp3) is 0.309. The maximum atomic E-state index is 6.90. The minimum Gasteiger partial charge on any atom is -0.457 e. The van der Waals surface area contributed by atoms with Gasteiger partial charge in [0.1, 0.15) is 17.3 Å². The number of aryl methyl sites for hydroxylation is 2. The molecule has 0 N–H and O–H groups in total. The van der Waals surface area contributed by atoms with Crippen LogP contribution in [0.1, 0.15) is 145 Å². The number of hydrogen-bond acceptors (Lipinski definition) is 4. The second-order valence-corrected chi connectivity index (χ2v) is 23.7. The van der Waals surface area contributed by atoms with Gasteiger partial charge >= 0.3 is 0 Å². The summed E-state index contributed by atoms with van der Waals surface area (Å²) in [5.74, 6) is 3.76. The van der Waals surface area contributed by atoms with Crippen molar-refractivity contribution in [3.63, 3.8) is 0 Å². The van der Waals surface area contributed by atoms with Crippen molar-refractivity contribution >= 4 is 38.9 Å². The fourth-order valence-corrected chi connectivity index (χ4v) is 11.4. The lowest BCUT2D eigenvalue weighted by atomic mass is 9.81. The van der Waals surface area contributed by atoms with Crippen LogP contribution >= 0.6 is 0 Å². The first-order valence-corrected chi connectivity index (χ1v) is 26.6. The number of aromatic nitrogens is 2. The Balaban J connectivity index is 0.982. The van der Waals surface area contributed by atoms with Crippen LogP contribution in [-0.2, 0) is 17.4 Å². The van der Waals surface area contributed by atoms with Crippen molar-refractivity contribution < 1.29 is 4.74 Å². The van der Waals surface area contributed by atoms with E-state index >= 15 is 0 Å². The summed E-state index contributed by atoms with van der Waals surface area (Å²) < 4.78 is 9.23. The van der Waals surface area contributed by atoms with Crippen LogP contribution < -0.4 is 14.5 Å². The molecule has 0 radical (unpaired) electrons. The van der Waals surface area contributed by atoms with Crippen molar-refractivity contribution in [2.45, 2.75) is 132 Å². The molecule has 2 aromatic heterocycles. The van der Waals surface area contributed by atoms with Crippen LogP contribution in [0.2, 0.25) is 0 Å². The number of hydrogen-bond donors (Lipinski definition) is 0. The van der Waals surface area contributed by atoms with E-state index in [1.807, 2.05) is 6.20 Å². The molecular formula is C68H74N4O. The molecule has 0 aliphatic carbocycles. The largest absolute Gasteiger partial charge is 0.457 e. The minimum atomic E-state index is -0.0739. The average molecular weight is 963 g/mol. The van der Waals surface area contributed by atoms with E-state index in [1.54, 1.807) is 0 Å². The number of ether oxygens (including phenoxy) is 1. The van der Waals surface area contributed by atoms with Crippen LogP contribution in [0.4, 0.5) is 17.1 Å². The normalized spacial score (nSPS) is 13.1. The summed E-state index contributed by atoms with van der Waals surface area (Å²) in [6.45, 7) is 33.7. The third-order valence-corrected chi connectivity index (χ3v) is 15.1. The summed E-state index contributed by atoms with van der Waals surface area (Å²) >= 11 is 0. The molecule has 0 unspecified atom stereocenters. The standard InChI is InChI=1S/C68H74N4O/c1-42(2)50-35-56(43(3)4)65(57(36-50)44(5)6)48-21-17-20-47(34-48)40-70-41-71(60-26-16-15-25-59(60)70)52-22-18-23-53(38-52)73-54-28-29-55-62(39-54)72(61-27-19-24-58(66(55)61)68(12,13)14)63-37-49(30-31-69-63)64-45(7)32-51(33-46(64)8)67(9,10)11/h15-39,42-44H,40-41H2,1-14H3. The molecule has 1 aliphatic heterocycles. The van der Waals surface area contributed by atoms with E-state index < -0.39 is 0 Å². The lowest BCUT2D eigenvalue weighted by Gasteiger charge is -2.25. The first-order chi connectivity index (χ1) is 34.7. The maximum Gasteiger partial charge on any atom is 0.138 e. The predicted molar refractivity (Wildman–Crippen MR) is 311 cm³/mol. The molecule has 5 heteroatoms. The summed E-state index contributed by atoms with van der Waals surface area (Å²) in [4.78, 5) is 10.0. The Labute approximate surface area is 435 Å². The monoisotopic (exact) mass is 963 g/mol. The van der Waals surface area contributed by atoms with Gasteiger partial charge in [-0.3, -0.25) is 4.57 Å². The summed E-state index contributed by atoms with van der Waals surface area (Å²) in [6.07, 6.45) is 1.96. The molecular weight excluding hydrogens is 889 g/mol. The second kappa shape index (κ2) is 19.1. The number of pyridine rings is 1. The molecule has 372 valence electrons. The van der Waals surface area contributed by atoms with Crippen LogP contribution in [0.25, 0.3) is 49.9 Å². The zero-order valence-electron chi connectivity index (χ0n) is 45.8. The van der Waals surface area contributed by atoms with E-state index in [2.05, 4.69) is 257 Å². The number of benzene rings is 7. The molecule has 0 atom stereocenters. The van der Waals surface area contributed by atoms with E-state index in [-0.39, 0.29) is 10.8 Å². The molecule has 7 aromatic carbocycles. The van der Waals surface area contributed by atoms with E-state index in [0.29, 0.717) is 17.8 Å². The van der Waals surface area contributed by atoms with Gasteiger partial charge in [-0.05, 0) is 170 Å². The third-order valence-electron chi connectivity index (χ3n) is 15.1. The van der Waals surface area contributed by atoms with Gasteiger partial charge in [-0.1, -0.05) is 156 Å². The van der Waals surface area contributed by atoms with Gasteiger partial charge in [0, 0.05) is 41.3 Å². The van der Waals surface area contributed by atoms with Crippen LogP contribution in [0.5, 0.6) is 11.5 Å². The molecule has 73 heavy (non-hydrogen) atoms. The number of fused-ring (bicyclic) bond motifs is 4. The zero-order chi connectivity index (χ0) is 51.7. The van der Waals surface area contributed by atoms with Crippen molar-refractivity contribution in [2.24, 2.45) is 0 Å². The van der Waals surface area contributed by atoms with Gasteiger partial charge in [-0.2, -0.15) is 0 Å². The molecule has 0 amide bonds. The maximum absolute atomic E-state index is 6.90. The second-order valence-electron chi connectivity index (χ2n) is 23.7. The van der Waals surface area contributed by atoms with E-state index in [9.17, 15) is 0 Å². The highest BCUT2D eigenvalue weighted by atomic mass is 16.5. The highest BCUT2D eigenvalue weighted by Crippen LogP contribution is 2.45. The number of anilines is 3. The number of nitrogens with zero attached hydrogens (tertiary/aromatic N) is 4. The van der Waals surface area contributed by atoms with Crippen LogP contribution in [0, 0.1) is 13.8 Å². The summed E-state index contributed by atoms with van der Waals surface area (Å²) in [5, 5.41) is 2.43. The molecule has 5 nitrogen and oxygen atoms in total. The molecule has 0 saturated carbocycles. The van der Waals surface area contributed by atoms with Crippen molar-refractivity contribution in [3.05, 3.63) is 196 Å². The lowest BCUT2D eigenvalue weighted by molar-refractivity contribution is 0.483. The van der Waals surface area contributed by atoms with Crippen LogP contribution in [0.3, 0.4) is 0 Å². The number of para-hydroxylation sites is 2. The SMILES string of the molecule is Cc1cc(C(C)(C)C)cc(C)c1-c1ccnc(-n2c3cc(Oc4cccc(N5CN(Cc6cccc(-c7c(C(C)C)cc(C(C)C)cc7C(C)C)c6)c6ccccc65)c4)ccc3c3c(C(C)(C)C)cccc32)c1. The van der Waals surface area contributed by atoms with E-state index in [1.165, 1.54) is 83.3 Å². The average Bonchev–Trinajstić information content (AvgIpc) is 3.88. The van der Waals surface area contributed by atoms with Gasteiger partial charge in [0.15, 0.2) is 0 Å². The van der Waals surface area contributed by atoms with Crippen LogP contribution in [-0.4, -0.2) is 16.2 Å². The third kappa shape index (κ3) is 9.44. The molecule has 1 aliphatic rings. The lowest BCUT2D eigenvalue weighted by Crippen LogP contribution is -2.27. The summed E-state index contributed by atoms with van der Waals surface area (Å²) in [5.41, 5.74) is 21.6. The van der Waals surface area contributed by atoms with Crippen LogP contribution in [0.15, 0.2) is 152 Å². The van der Waals surface area contributed by atoms with Gasteiger partial charge in [0.25, 0.3) is 0 Å². The minimum absolute atomic E-state index is 0.0685. The molecule has 9 aromatic rings. The number of rotatable bonds is 11. The predicted octanol–water partition coefficient (Wildman–Crippen LogP) is 19.0. The topological polar surface area (TPSA) is 33.5 Å². The van der Waals surface area contributed by atoms with Crippen molar-refractivity contribution in [3.8, 4) is 39.6 Å². The first-order valence-electron chi connectivity index (χ1n) is 26.6.